The van der Waals surface area contributed by atoms with Crippen molar-refractivity contribution in [2.45, 2.75) is 37.8 Å². The van der Waals surface area contributed by atoms with Gasteiger partial charge in [-0.1, -0.05) is 17.7 Å². The van der Waals surface area contributed by atoms with Crippen LogP contribution in [-0.4, -0.2) is 32.0 Å². The zero-order chi connectivity index (χ0) is 13.5. The molecule has 1 aromatic rings. The number of rotatable bonds is 2. The summed E-state index contributed by atoms with van der Waals surface area (Å²) in [5.74, 6) is 0.659. The Morgan fingerprint density at radius 3 is 2.47 bits per heavy atom. The third-order valence-electron chi connectivity index (χ3n) is 4.13. The molecule has 3 nitrogen and oxygen atoms in total. The second-order valence-electron chi connectivity index (χ2n) is 5.61. The molecule has 1 aliphatic carbocycles. The standard InChI is InChI=1S/C14H18ClNO2S/c15-12-2-1-10-8-14(9-11(10)7-12)16-13-3-5-19(17,18)6-4-13/h1-2,7,13-14,16H,3-6,8-9H2. The van der Waals surface area contributed by atoms with Crippen molar-refractivity contribution in [1.29, 1.82) is 0 Å². The van der Waals surface area contributed by atoms with Gasteiger partial charge in [-0.15, -0.1) is 0 Å². The van der Waals surface area contributed by atoms with Gasteiger partial charge in [-0.05, 0) is 48.9 Å². The van der Waals surface area contributed by atoms with E-state index in [2.05, 4.69) is 11.4 Å². The summed E-state index contributed by atoms with van der Waals surface area (Å²) in [7, 11) is -2.77. The maximum atomic E-state index is 11.4. The van der Waals surface area contributed by atoms with E-state index in [-0.39, 0.29) is 0 Å². The van der Waals surface area contributed by atoms with E-state index in [1.807, 2.05) is 12.1 Å². The Morgan fingerprint density at radius 1 is 1.05 bits per heavy atom. The first-order valence-corrected chi connectivity index (χ1v) is 8.95. The van der Waals surface area contributed by atoms with E-state index >= 15 is 0 Å². The van der Waals surface area contributed by atoms with Crippen molar-refractivity contribution in [3.8, 4) is 0 Å². The molecule has 0 saturated carbocycles. The Hall–Kier alpha value is -0.580. The summed E-state index contributed by atoms with van der Waals surface area (Å²) < 4.78 is 22.8. The van der Waals surface area contributed by atoms with Gasteiger partial charge in [0, 0.05) is 17.1 Å². The minimum absolute atomic E-state index is 0.330. The SMILES string of the molecule is O=S1(=O)CCC(NC2Cc3ccc(Cl)cc3C2)CC1. The highest BCUT2D eigenvalue weighted by Gasteiger charge is 2.28. The molecule has 0 bridgehead atoms. The summed E-state index contributed by atoms with van der Waals surface area (Å²) in [5.41, 5.74) is 2.69. The highest BCUT2D eigenvalue weighted by Crippen LogP contribution is 2.26. The van der Waals surface area contributed by atoms with Crippen LogP contribution in [0.1, 0.15) is 24.0 Å². The van der Waals surface area contributed by atoms with Crippen molar-refractivity contribution in [3.63, 3.8) is 0 Å². The van der Waals surface area contributed by atoms with Gasteiger partial charge in [0.15, 0.2) is 0 Å². The highest BCUT2D eigenvalue weighted by atomic mass is 35.5. The van der Waals surface area contributed by atoms with Crippen LogP contribution in [-0.2, 0) is 22.7 Å². The lowest BCUT2D eigenvalue weighted by Crippen LogP contribution is -2.43. The average molecular weight is 300 g/mol. The van der Waals surface area contributed by atoms with Crippen LogP contribution in [0.5, 0.6) is 0 Å². The number of fused-ring (bicyclic) bond motifs is 1. The Labute approximate surface area is 119 Å². The van der Waals surface area contributed by atoms with Gasteiger partial charge in [0.1, 0.15) is 9.84 Å². The van der Waals surface area contributed by atoms with Crippen molar-refractivity contribution in [3.05, 3.63) is 34.3 Å². The van der Waals surface area contributed by atoms with Gasteiger partial charge in [0.25, 0.3) is 0 Å². The molecule has 5 heteroatoms. The molecule has 0 aromatic heterocycles. The van der Waals surface area contributed by atoms with Crippen LogP contribution in [0.25, 0.3) is 0 Å². The molecule has 104 valence electrons. The molecular weight excluding hydrogens is 282 g/mol. The Morgan fingerprint density at radius 2 is 1.74 bits per heavy atom. The Balaban J connectivity index is 1.59. The molecule has 1 aromatic carbocycles. The van der Waals surface area contributed by atoms with Crippen LogP contribution in [0.15, 0.2) is 18.2 Å². The van der Waals surface area contributed by atoms with E-state index < -0.39 is 9.84 Å². The quantitative estimate of drug-likeness (QED) is 0.908. The molecule has 0 radical (unpaired) electrons. The van der Waals surface area contributed by atoms with Crippen LogP contribution in [0.3, 0.4) is 0 Å². The van der Waals surface area contributed by atoms with Crippen LogP contribution >= 0.6 is 11.6 Å². The first kappa shape index (κ1) is 13.4. The van der Waals surface area contributed by atoms with E-state index in [1.54, 1.807) is 0 Å². The van der Waals surface area contributed by atoms with Crippen molar-refractivity contribution < 1.29 is 8.42 Å². The molecule has 0 spiro atoms. The van der Waals surface area contributed by atoms with Crippen molar-refractivity contribution in [2.75, 3.05) is 11.5 Å². The van der Waals surface area contributed by atoms with Crippen molar-refractivity contribution >= 4 is 21.4 Å². The molecule has 3 rings (SSSR count). The Bertz CT molecular complexity index is 571. The summed E-state index contributed by atoms with van der Waals surface area (Å²) >= 11 is 6.01. The van der Waals surface area contributed by atoms with Crippen LogP contribution in [0, 0.1) is 0 Å². The van der Waals surface area contributed by atoms with Gasteiger partial charge in [0.2, 0.25) is 0 Å². The van der Waals surface area contributed by atoms with E-state index in [4.69, 9.17) is 11.6 Å². The molecule has 1 fully saturated rings. The lowest BCUT2D eigenvalue weighted by molar-refractivity contribution is 0.405. The predicted octanol–water partition coefficient (Wildman–Crippen LogP) is 1.97. The second kappa shape index (κ2) is 5.08. The van der Waals surface area contributed by atoms with Gasteiger partial charge in [0.05, 0.1) is 11.5 Å². The van der Waals surface area contributed by atoms with E-state index in [9.17, 15) is 8.42 Å². The summed E-state index contributed by atoms with van der Waals surface area (Å²) in [6, 6.07) is 6.86. The highest BCUT2D eigenvalue weighted by molar-refractivity contribution is 7.91. The molecule has 1 aliphatic heterocycles. The minimum atomic E-state index is -2.77. The van der Waals surface area contributed by atoms with Crippen LogP contribution in [0.4, 0.5) is 0 Å². The van der Waals surface area contributed by atoms with Crippen molar-refractivity contribution in [2.24, 2.45) is 0 Å². The summed E-state index contributed by atoms with van der Waals surface area (Å²) in [6.07, 6.45) is 3.51. The molecule has 1 atom stereocenters. The van der Waals surface area contributed by atoms with Gasteiger partial charge in [-0.2, -0.15) is 0 Å². The van der Waals surface area contributed by atoms with Crippen LogP contribution in [0.2, 0.25) is 5.02 Å². The molecule has 1 unspecified atom stereocenters. The Kier molecular flexibility index (Phi) is 3.58. The van der Waals surface area contributed by atoms with Crippen molar-refractivity contribution in [1.82, 2.24) is 5.32 Å². The molecule has 1 heterocycles. The van der Waals surface area contributed by atoms with Gasteiger partial charge < -0.3 is 5.32 Å². The van der Waals surface area contributed by atoms with E-state index in [0.717, 1.165) is 30.7 Å². The third kappa shape index (κ3) is 3.12. The number of hydrogen-bond acceptors (Lipinski definition) is 3. The third-order valence-corrected chi connectivity index (χ3v) is 6.08. The molecule has 19 heavy (non-hydrogen) atoms. The van der Waals surface area contributed by atoms with E-state index in [0.29, 0.717) is 23.6 Å². The lowest BCUT2D eigenvalue weighted by atomic mass is 10.1. The smallest absolute Gasteiger partial charge is 0.150 e. The maximum Gasteiger partial charge on any atom is 0.150 e. The number of hydrogen-bond donors (Lipinski definition) is 1. The molecule has 1 saturated heterocycles. The zero-order valence-corrected chi connectivity index (χ0v) is 12.3. The van der Waals surface area contributed by atoms with Gasteiger partial charge >= 0.3 is 0 Å². The monoisotopic (exact) mass is 299 g/mol. The number of benzene rings is 1. The molecule has 2 aliphatic rings. The fourth-order valence-corrected chi connectivity index (χ4v) is 4.78. The van der Waals surface area contributed by atoms with Gasteiger partial charge in [-0.3, -0.25) is 0 Å². The molecular formula is C14H18ClNO2S. The first-order valence-electron chi connectivity index (χ1n) is 6.76. The predicted molar refractivity (Wildman–Crippen MR) is 77.5 cm³/mol. The first-order chi connectivity index (χ1) is 9.02. The van der Waals surface area contributed by atoms with Crippen LogP contribution < -0.4 is 5.32 Å². The molecule has 0 amide bonds. The normalized spacial score (nSPS) is 26.3. The lowest BCUT2D eigenvalue weighted by Gasteiger charge is -2.26. The minimum Gasteiger partial charge on any atom is -0.311 e. The second-order valence-corrected chi connectivity index (χ2v) is 8.35. The van der Waals surface area contributed by atoms with Gasteiger partial charge in [-0.25, -0.2) is 8.42 Å². The topological polar surface area (TPSA) is 46.2 Å². The number of sulfone groups is 1. The number of nitrogens with one attached hydrogen (secondary N) is 1. The largest absolute Gasteiger partial charge is 0.311 e. The average Bonchev–Trinajstić information content (AvgIpc) is 2.73. The fourth-order valence-electron chi connectivity index (χ4n) is 3.09. The fraction of sp³-hybridized carbons (Fsp3) is 0.571. The van der Waals surface area contributed by atoms with E-state index in [1.165, 1.54) is 11.1 Å². The summed E-state index contributed by atoms with van der Waals surface area (Å²) in [6.45, 7) is 0. The number of halogens is 1. The summed E-state index contributed by atoms with van der Waals surface area (Å²) in [5, 5.41) is 4.41. The summed E-state index contributed by atoms with van der Waals surface area (Å²) in [4.78, 5) is 0. The molecule has 1 N–H and O–H groups in total. The zero-order valence-electron chi connectivity index (χ0n) is 10.7. The maximum absolute atomic E-state index is 11.4.